The first-order valence-electron chi connectivity index (χ1n) is 10.3. The molecule has 2 aliphatic rings. The molecule has 0 radical (unpaired) electrons. The molecule has 1 saturated heterocycles. The van der Waals surface area contributed by atoms with Crippen molar-refractivity contribution in [2.45, 2.75) is 25.4 Å². The summed E-state index contributed by atoms with van der Waals surface area (Å²) >= 11 is 0. The molecule has 0 spiro atoms. The molecule has 0 saturated carbocycles. The van der Waals surface area contributed by atoms with Crippen molar-refractivity contribution in [2.24, 2.45) is 0 Å². The Kier molecular flexibility index (Phi) is 4.93. The summed E-state index contributed by atoms with van der Waals surface area (Å²) in [5.41, 5.74) is 5.52. The van der Waals surface area contributed by atoms with Gasteiger partial charge in [0.1, 0.15) is 12.2 Å². The fraction of sp³-hybridized carbons (Fsp3) is 0.348. The van der Waals surface area contributed by atoms with Crippen LogP contribution < -0.4 is 10.2 Å². The SMILES string of the molecule is N#Cc1cc(-c2nc(-c3ccc4c(c3)CCNCC4)no2)ccc1N1CCC(F)C1. The molecular formula is C23H22FN5O. The summed E-state index contributed by atoms with van der Waals surface area (Å²) in [5, 5.41) is 17.2. The van der Waals surface area contributed by atoms with Gasteiger partial charge >= 0.3 is 0 Å². The highest BCUT2D eigenvalue weighted by atomic mass is 19.1. The fourth-order valence-electron chi connectivity index (χ4n) is 4.24. The van der Waals surface area contributed by atoms with Crippen LogP contribution in [-0.2, 0) is 12.8 Å². The number of fused-ring (bicyclic) bond motifs is 1. The summed E-state index contributed by atoms with van der Waals surface area (Å²) in [6.45, 7) is 2.91. The highest BCUT2D eigenvalue weighted by Gasteiger charge is 2.24. The lowest BCUT2D eigenvalue weighted by molar-refractivity contribution is 0.364. The lowest BCUT2D eigenvalue weighted by Gasteiger charge is -2.19. The largest absolute Gasteiger partial charge is 0.367 e. The third-order valence-corrected chi connectivity index (χ3v) is 5.87. The zero-order chi connectivity index (χ0) is 20.5. The molecule has 0 amide bonds. The first-order valence-corrected chi connectivity index (χ1v) is 10.3. The minimum atomic E-state index is -0.841. The van der Waals surface area contributed by atoms with E-state index < -0.39 is 6.17 Å². The van der Waals surface area contributed by atoms with E-state index in [-0.39, 0.29) is 0 Å². The molecule has 1 aromatic heterocycles. The number of alkyl halides is 1. The molecule has 3 aromatic rings. The van der Waals surface area contributed by atoms with Crippen molar-refractivity contribution in [1.29, 1.82) is 5.26 Å². The summed E-state index contributed by atoms with van der Waals surface area (Å²) in [6.07, 6.45) is 1.66. The molecule has 2 aliphatic heterocycles. The van der Waals surface area contributed by atoms with Gasteiger partial charge in [0, 0.05) is 24.2 Å². The van der Waals surface area contributed by atoms with Gasteiger partial charge in [0.15, 0.2) is 0 Å². The normalized spacial score (nSPS) is 18.7. The second-order valence-electron chi connectivity index (χ2n) is 7.83. The predicted molar refractivity (Wildman–Crippen MR) is 112 cm³/mol. The maximum absolute atomic E-state index is 13.6. The predicted octanol–water partition coefficient (Wildman–Crippen LogP) is 3.51. The number of rotatable bonds is 3. The van der Waals surface area contributed by atoms with Gasteiger partial charge in [0.25, 0.3) is 5.89 Å². The van der Waals surface area contributed by atoms with E-state index in [1.165, 1.54) is 11.1 Å². The zero-order valence-corrected chi connectivity index (χ0v) is 16.6. The Morgan fingerprint density at radius 2 is 1.93 bits per heavy atom. The van der Waals surface area contributed by atoms with E-state index in [4.69, 9.17) is 4.52 Å². The lowest BCUT2D eigenvalue weighted by Crippen LogP contribution is -2.20. The van der Waals surface area contributed by atoms with Gasteiger partial charge in [-0.25, -0.2) is 4.39 Å². The molecule has 1 unspecified atom stereocenters. The van der Waals surface area contributed by atoms with Gasteiger partial charge < -0.3 is 14.7 Å². The zero-order valence-electron chi connectivity index (χ0n) is 16.6. The van der Waals surface area contributed by atoms with Gasteiger partial charge in [-0.15, -0.1) is 0 Å². The Morgan fingerprint density at radius 3 is 2.73 bits per heavy atom. The molecule has 1 atom stereocenters. The summed E-state index contributed by atoms with van der Waals surface area (Å²) in [5.74, 6) is 0.904. The molecule has 0 aliphatic carbocycles. The molecule has 6 nitrogen and oxygen atoms in total. The standard InChI is InChI=1S/C23H22FN5O/c24-20-7-10-29(14-20)21-4-3-18(12-19(21)13-25)23-27-22(28-30-23)17-2-1-15-5-8-26-9-6-16(15)11-17/h1-4,11-12,20,26H,5-10,14H2. The first-order chi connectivity index (χ1) is 14.7. The van der Waals surface area contributed by atoms with Gasteiger partial charge in [-0.2, -0.15) is 10.2 Å². The fourth-order valence-corrected chi connectivity index (χ4v) is 4.24. The average Bonchev–Trinajstić information content (AvgIpc) is 3.37. The van der Waals surface area contributed by atoms with Crippen LogP contribution in [0.1, 0.15) is 23.1 Å². The molecule has 3 heterocycles. The second-order valence-corrected chi connectivity index (χ2v) is 7.83. The minimum absolute atomic E-state index is 0.326. The van der Waals surface area contributed by atoms with Crippen molar-refractivity contribution in [3.8, 4) is 28.9 Å². The van der Waals surface area contributed by atoms with Crippen LogP contribution in [-0.4, -0.2) is 42.5 Å². The summed E-state index contributed by atoms with van der Waals surface area (Å²) < 4.78 is 19.1. The summed E-state index contributed by atoms with van der Waals surface area (Å²) in [4.78, 5) is 6.47. The van der Waals surface area contributed by atoms with Crippen LogP contribution >= 0.6 is 0 Å². The number of nitrogens with zero attached hydrogens (tertiary/aromatic N) is 4. The average molecular weight is 403 g/mol. The smallest absolute Gasteiger partial charge is 0.258 e. The second kappa shape index (κ2) is 7.88. The van der Waals surface area contributed by atoms with E-state index in [1.54, 1.807) is 6.07 Å². The summed E-state index contributed by atoms with van der Waals surface area (Å²) in [6, 6.07) is 14.0. The molecule has 2 aromatic carbocycles. The maximum atomic E-state index is 13.6. The number of nitrogens with one attached hydrogen (secondary N) is 1. The monoisotopic (exact) mass is 403 g/mol. The van der Waals surface area contributed by atoms with E-state index in [0.29, 0.717) is 42.4 Å². The molecule has 152 valence electrons. The van der Waals surface area contributed by atoms with Crippen LogP contribution in [0.2, 0.25) is 0 Å². The highest BCUT2D eigenvalue weighted by Crippen LogP contribution is 2.30. The molecule has 5 rings (SSSR count). The third kappa shape index (κ3) is 3.55. The van der Waals surface area contributed by atoms with Crippen LogP contribution in [0, 0.1) is 11.3 Å². The number of benzene rings is 2. The Hall–Kier alpha value is -3.24. The van der Waals surface area contributed by atoms with E-state index in [2.05, 4.69) is 33.7 Å². The van der Waals surface area contributed by atoms with Gasteiger partial charge in [0.05, 0.1) is 11.3 Å². The molecule has 0 bridgehead atoms. The first kappa shape index (κ1) is 18.8. The van der Waals surface area contributed by atoms with Gasteiger partial charge in [0.2, 0.25) is 5.82 Å². The van der Waals surface area contributed by atoms with Crippen LogP contribution in [0.15, 0.2) is 40.9 Å². The van der Waals surface area contributed by atoms with Crippen LogP contribution in [0.5, 0.6) is 0 Å². The van der Waals surface area contributed by atoms with Crippen molar-refractivity contribution in [3.05, 3.63) is 53.1 Å². The number of halogens is 1. The number of nitriles is 1. The Morgan fingerprint density at radius 1 is 1.10 bits per heavy atom. The molecule has 7 heteroatoms. The van der Waals surface area contributed by atoms with Crippen molar-refractivity contribution in [2.75, 3.05) is 31.1 Å². The van der Waals surface area contributed by atoms with Crippen LogP contribution in [0.3, 0.4) is 0 Å². The van der Waals surface area contributed by atoms with Gasteiger partial charge in [-0.05, 0) is 67.7 Å². The van der Waals surface area contributed by atoms with Crippen LogP contribution in [0.4, 0.5) is 10.1 Å². The number of hydrogen-bond acceptors (Lipinski definition) is 6. The molecule has 30 heavy (non-hydrogen) atoms. The van der Waals surface area contributed by atoms with Crippen LogP contribution in [0.25, 0.3) is 22.8 Å². The maximum Gasteiger partial charge on any atom is 0.258 e. The van der Waals surface area contributed by atoms with Gasteiger partial charge in [-0.3, -0.25) is 0 Å². The van der Waals surface area contributed by atoms with E-state index >= 15 is 0 Å². The van der Waals surface area contributed by atoms with Crippen molar-refractivity contribution in [3.63, 3.8) is 0 Å². The third-order valence-electron chi connectivity index (χ3n) is 5.87. The minimum Gasteiger partial charge on any atom is -0.367 e. The number of anilines is 1. The lowest BCUT2D eigenvalue weighted by atomic mass is 10.00. The summed E-state index contributed by atoms with van der Waals surface area (Å²) in [7, 11) is 0. The van der Waals surface area contributed by atoms with E-state index in [9.17, 15) is 9.65 Å². The molecule has 1 fully saturated rings. The molecule has 1 N–H and O–H groups in total. The van der Waals surface area contributed by atoms with E-state index in [0.717, 1.165) is 37.2 Å². The molecular weight excluding hydrogens is 381 g/mol. The number of hydrogen-bond donors (Lipinski definition) is 1. The Balaban J connectivity index is 1.43. The van der Waals surface area contributed by atoms with Crippen molar-refractivity contribution < 1.29 is 8.91 Å². The Bertz CT molecular complexity index is 1120. The van der Waals surface area contributed by atoms with Crippen molar-refractivity contribution >= 4 is 5.69 Å². The van der Waals surface area contributed by atoms with Crippen molar-refractivity contribution in [1.82, 2.24) is 15.5 Å². The van der Waals surface area contributed by atoms with E-state index in [1.807, 2.05) is 23.1 Å². The Labute approximate surface area is 174 Å². The van der Waals surface area contributed by atoms with Gasteiger partial charge in [-0.1, -0.05) is 17.3 Å². The highest BCUT2D eigenvalue weighted by molar-refractivity contribution is 5.69. The quantitative estimate of drug-likeness (QED) is 0.721. The number of aromatic nitrogens is 2. The topological polar surface area (TPSA) is 78.0 Å².